The fraction of sp³-hybridized carbons (Fsp3) is 0.174. The van der Waals surface area contributed by atoms with Crippen molar-refractivity contribution in [3.8, 4) is 22.3 Å². The molecule has 7 aromatic rings. The Morgan fingerprint density at radius 1 is 0.404 bits per heavy atom. The van der Waals surface area contributed by atoms with E-state index in [0.717, 1.165) is 6.54 Å². The zero-order valence-corrected chi connectivity index (χ0v) is 28.4. The molecular formula is C46H39N. The molecule has 9 rings (SSSR count). The zero-order chi connectivity index (χ0) is 32.3. The van der Waals surface area contributed by atoms with Crippen molar-refractivity contribution in [1.29, 1.82) is 0 Å². The molecule has 1 aromatic heterocycles. The van der Waals surface area contributed by atoms with Gasteiger partial charge in [-0.1, -0.05) is 83.9 Å². The van der Waals surface area contributed by atoms with Gasteiger partial charge in [0.15, 0.2) is 0 Å². The lowest BCUT2D eigenvalue weighted by Gasteiger charge is -2.20. The summed E-state index contributed by atoms with van der Waals surface area (Å²) in [6, 6.07) is 37.4. The summed E-state index contributed by atoms with van der Waals surface area (Å²) in [5.41, 5.74) is 24.1. The van der Waals surface area contributed by atoms with Crippen molar-refractivity contribution in [3.63, 3.8) is 0 Å². The molecule has 228 valence electrons. The zero-order valence-electron chi connectivity index (χ0n) is 28.4. The number of fused-ring (bicyclic) bond motifs is 9. The predicted octanol–water partition coefficient (Wildman–Crippen LogP) is 11.7. The Kier molecular flexibility index (Phi) is 6.07. The SMILES string of the molecule is CCn1c2cc3c(cc2c2cc4c(cc21)[C](c1c(C)cc(C)cc1C)c1ccccc1-4)-c1ccccc1[C]3c1c(C)cc(C)cc1C. The smallest absolute Gasteiger partial charge is 0.0647 e. The van der Waals surface area contributed by atoms with Gasteiger partial charge in [-0.05, 0) is 151 Å². The molecule has 1 nitrogen and oxygen atoms in total. The van der Waals surface area contributed by atoms with Crippen LogP contribution in [0.25, 0.3) is 44.1 Å². The first-order valence-corrected chi connectivity index (χ1v) is 17.0. The Labute approximate surface area is 278 Å². The molecule has 1 heteroatoms. The van der Waals surface area contributed by atoms with Crippen LogP contribution in [0.5, 0.6) is 0 Å². The molecule has 47 heavy (non-hydrogen) atoms. The van der Waals surface area contributed by atoms with Crippen molar-refractivity contribution in [3.05, 3.63) is 176 Å². The molecule has 0 saturated heterocycles. The molecule has 0 unspecified atom stereocenters. The predicted molar refractivity (Wildman–Crippen MR) is 198 cm³/mol. The van der Waals surface area contributed by atoms with Gasteiger partial charge in [0.25, 0.3) is 0 Å². The van der Waals surface area contributed by atoms with Crippen LogP contribution in [-0.4, -0.2) is 4.57 Å². The van der Waals surface area contributed by atoms with Gasteiger partial charge in [-0.2, -0.15) is 0 Å². The van der Waals surface area contributed by atoms with E-state index in [4.69, 9.17) is 0 Å². The normalized spacial score (nSPS) is 13.8. The third-order valence-electron chi connectivity index (χ3n) is 10.8. The van der Waals surface area contributed by atoms with E-state index in [0.29, 0.717) is 0 Å². The quantitative estimate of drug-likeness (QED) is 0.189. The maximum atomic E-state index is 2.55. The first-order valence-electron chi connectivity index (χ1n) is 17.0. The fourth-order valence-corrected chi connectivity index (χ4v) is 9.23. The van der Waals surface area contributed by atoms with E-state index in [1.54, 1.807) is 0 Å². The van der Waals surface area contributed by atoms with Crippen LogP contribution in [-0.2, 0) is 6.54 Å². The highest BCUT2D eigenvalue weighted by molar-refractivity contribution is 6.13. The topological polar surface area (TPSA) is 4.93 Å². The molecule has 0 fully saturated rings. The lowest BCUT2D eigenvalue weighted by atomic mass is 9.83. The molecule has 1 heterocycles. The largest absolute Gasteiger partial charge is 0.341 e. The van der Waals surface area contributed by atoms with E-state index in [1.807, 2.05) is 0 Å². The number of aromatic nitrogens is 1. The summed E-state index contributed by atoms with van der Waals surface area (Å²) < 4.78 is 2.55. The second-order valence-electron chi connectivity index (χ2n) is 14.0. The average Bonchev–Trinajstić information content (AvgIpc) is 3.63. The summed E-state index contributed by atoms with van der Waals surface area (Å²) in [5, 5.41) is 2.68. The molecular weight excluding hydrogens is 567 g/mol. The van der Waals surface area contributed by atoms with Crippen molar-refractivity contribution >= 4 is 21.8 Å². The number of hydrogen-bond acceptors (Lipinski definition) is 0. The van der Waals surface area contributed by atoms with E-state index in [1.165, 1.54) is 123 Å². The molecule has 0 atom stereocenters. The first kappa shape index (κ1) is 28.4. The second-order valence-corrected chi connectivity index (χ2v) is 14.0. The van der Waals surface area contributed by atoms with E-state index in [2.05, 4.69) is 150 Å². The number of nitrogens with zero attached hydrogens (tertiary/aromatic N) is 1. The van der Waals surface area contributed by atoms with Crippen molar-refractivity contribution in [2.24, 2.45) is 0 Å². The second kappa shape index (κ2) is 10.1. The first-order chi connectivity index (χ1) is 22.7. The van der Waals surface area contributed by atoms with Crippen molar-refractivity contribution < 1.29 is 0 Å². The van der Waals surface area contributed by atoms with E-state index in [-0.39, 0.29) is 0 Å². The highest BCUT2D eigenvalue weighted by Crippen LogP contribution is 2.53. The van der Waals surface area contributed by atoms with Gasteiger partial charge in [0, 0.05) is 28.4 Å². The summed E-state index contributed by atoms with van der Waals surface area (Å²) in [6.45, 7) is 16.7. The lowest BCUT2D eigenvalue weighted by Crippen LogP contribution is -2.06. The molecule has 0 amide bonds. The minimum atomic E-state index is 0.910. The van der Waals surface area contributed by atoms with Gasteiger partial charge in [0.1, 0.15) is 0 Å². The average molecular weight is 606 g/mol. The molecule has 2 aliphatic rings. The van der Waals surface area contributed by atoms with Gasteiger partial charge >= 0.3 is 0 Å². The molecule has 2 radical (unpaired) electrons. The Bertz CT molecular complexity index is 2250. The minimum Gasteiger partial charge on any atom is -0.341 e. The van der Waals surface area contributed by atoms with Crippen molar-refractivity contribution in [2.45, 2.75) is 55.0 Å². The number of benzene rings is 6. The Morgan fingerprint density at radius 3 is 1.13 bits per heavy atom. The standard InChI is InChI=1S/C46H39N/c1-8-47-41-23-39-35(31-13-9-11-15-33(31)45(39)43-27(4)17-25(2)18-28(43)5)21-37(41)38-22-36-32-14-10-12-16-34(32)46(40(36)24-42(38)47)44-29(6)19-26(3)20-30(44)7/h9-24H,8H2,1-7H3. The van der Waals surface area contributed by atoms with Gasteiger partial charge < -0.3 is 4.57 Å². The minimum absolute atomic E-state index is 0.910. The fourth-order valence-electron chi connectivity index (χ4n) is 9.23. The van der Waals surface area contributed by atoms with Gasteiger partial charge in [0.05, 0.1) is 11.8 Å². The lowest BCUT2D eigenvalue weighted by molar-refractivity contribution is 0.826. The summed E-state index contributed by atoms with van der Waals surface area (Å²) in [4.78, 5) is 0. The summed E-state index contributed by atoms with van der Waals surface area (Å²) in [7, 11) is 0. The van der Waals surface area contributed by atoms with E-state index >= 15 is 0 Å². The summed E-state index contributed by atoms with van der Waals surface area (Å²) in [5.74, 6) is 2.75. The molecule has 6 aromatic carbocycles. The highest BCUT2D eigenvalue weighted by Gasteiger charge is 2.36. The van der Waals surface area contributed by atoms with Crippen LogP contribution in [0.3, 0.4) is 0 Å². The molecule has 2 aliphatic carbocycles. The van der Waals surface area contributed by atoms with Crippen LogP contribution in [0, 0.1) is 53.4 Å². The molecule has 0 spiro atoms. The van der Waals surface area contributed by atoms with Gasteiger partial charge in [-0.15, -0.1) is 0 Å². The monoisotopic (exact) mass is 605 g/mol. The summed E-state index contributed by atoms with van der Waals surface area (Å²) in [6.07, 6.45) is 0. The molecule has 0 N–H and O–H groups in total. The van der Waals surface area contributed by atoms with E-state index < -0.39 is 0 Å². The van der Waals surface area contributed by atoms with Crippen molar-refractivity contribution in [1.82, 2.24) is 4.57 Å². The van der Waals surface area contributed by atoms with E-state index in [9.17, 15) is 0 Å². The maximum absolute atomic E-state index is 2.55. The van der Waals surface area contributed by atoms with Crippen molar-refractivity contribution in [2.75, 3.05) is 0 Å². The van der Waals surface area contributed by atoms with Gasteiger partial charge in [0.2, 0.25) is 0 Å². The highest BCUT2D eigenvalue weighted by atomic mass is 15.0. The van der Waals surface area contributed by atoms with Crippen LogP contribution in [0.1, 0.15) is 73.7 Å². The third kappa shape index (κ3) is 3.89. The van der Waals surface area contributed by atoms with Crippen LogP contribution in [0.2, 0.25) is 0 Å². The molecule has 0 aliphatic heterocycles. The Balaban J connectivity index is 1.34. The van der Waals surface area contributed by atoms with Crippen LogP contribution in [0.15, 0.2) is 97.1 Å². The van der Waals surface area contributed by atoms with Crippen LogP contribution >= 0.6 is 0 Å². The number of rotatable bonds is 3. The van der Waals surface area contributed by atoms with Crippen LogP contribution in [0.4, 0.5) is 0 Å². The number of hydrogen-bond donors (Lipinski definition) is 0. The molecule has 0 saturated carbocycles. The van der Waals surface area contributed by atoms with Crippen LogP contribution < -0.4 is 0 Å². The summed E-state index contributed by atoms with van der Waals surface area (Å²) >= 11 is 0. The van der Waals surface area contributed by atoms with Gasteiger partial charge in [-0.25, -0.2) is 0 Å². The maximum Gasteiger partial charge on any atom is 0.0647 e. The Morgan fingerprint density at radius 2 is 0.766 bits per heavy atom. The molecule has 0 bridgehead atoms. The Hall–Kier alpha value is -4.88. The number of aryl methyl sites for hydroxylation is 7. The van der Waals surface area contributed by atoms with Gasteiger partial charge in [-0.3, -0.25) is 0 Å². The third-order valence-corrected chi connectivity index (χ3v) is 10.8.